The van der Waals surface area contributed by atoms with Gasteiger partial charge in [-0.2, -0.15) is 0 Å². The Labute approximate surface area is 126 Å². The number of hydrogen-bond acceptors (Lipinski definition) is 1. The van der Waals surface area contributed by atoms with Crippen molar-refractivity contribution in [2.75, 3.05) is 0 Å². The molecule has 0 radical (unpaired) electrons. The van der Waals surface area contributed by atoms with E-state index in [2.05, 4.69) is 36.5 Å². The second kappa shape index (κ2) is 6.40. The molecule has 2 atom stereocenters. The summed E-state index contributed by atoms with van der Waals surface area (Å²) in [5, 5.41) is 3.74. The Hall–Kier alpha value is -1.67. The van der Waals surface area contributed by atoms with Gasteiger partial charge in [0.05, 0.1) is 0 Å². The maximum absolute atomic E-state index is 12.9. The molecule has 2 unspecified atom stereocenters. The summed E-state index contributed by atoms with van der Waals surface area (Å²) in [6.07, 6.45) is 4.57. The van der Waals surface area contributed by atoms with Crippen LogP contribution in [0.5, 0.6) is 0 Å². The molecule has 0 heterocycles. The smallest absolute Gasteiger partial charge is 0.123 e. The molecule has 0 spiro atoms. The van der Waals surface area contributed by atoms with Gasteiger partial charge in [-0.15, -0.1) is 0 Å². The van der Waals surface area contributed by atoms with Gasteiger partial charge in [0.25, 0.3) is 0 Å². The van der Waals surface area contributed by atoms with E-state index in [1.54, 1.807) is 0 Å². The summed E-state index contributed by atoms with van der Waals surface area (Å²) < 4.78 is 12.9. The molecule has 0 saturated carbocycles. The highest BCUT2D eigenvalue weighted by Gasteiger charge is 2.20. The molecule has 110 valence electrons. The molecular formula is C19H22FN. The first kappa shape index (κ1) is 14.3. The molecule has 3 rings (SSSR count). The molecule has 2 heteroatoms. The van der Waals surface area contributed by atoms with Crippen molar-refractivity contribution in [2.24, 2.45) is 0 Å². The van der Waals surface area contributed by atoms with Gasteiger partial charge in [-0.25, -0.2) is 4.39 Å². The van der Waals surface area contributed by atoms with Crippen molar-refractivity contribution in [1.29, 1.82) is 0 Å². The van der Waals surface area contributed by atoms with E-state index in [0.717, 1.165) is 6.42 Å². The second-order valence-electron chi connectivity index (χ2n) is 6.04. The number of halogens is 1. The van der Waals surface area contributed by atoms with Crippen molar-refractivity contribution in [3.63, 3.8) is 0 Å². The molecule has 0 fully saturated rings. The van der Waals surface area contributed by atoms with Gasteiger partial charge in [0, 0.05) is 12.1 Å². The Morgan fingerprint density at radius 3 is 2.71 bits per heavy atom. The van der Waals surface area contributed by atoms with Crippen LogP contribution in [0.25, 0.3) is 0 Å². The van der Waals surface area contributed by atoms with E-state index < -0.39 is 0 Å². The molecular weight excluding hydrogens is 261 g/mol. The second-order valence-corrected chi connectivity index (χ2v) is 6.04. The van der Waals surface area contributed by atoms with Crippen LogP contribution in [0.3, 0.4) is 0 Å². The maximum atomic E-state index is 12.9. The number of rotatable bonds is 4. The van der Waals surface area contributed by atoms with Crippen molar-refractivity contribution in [3.8, 4) is 0 Å². The largest absolute Gasteiger partial charge is 0.307 e. The number of hydrogen-bond donors (Lipinski definition) is 1. The lowest BCUT2D eigenvalue weighted by Gasteiger charge is -2.29. The summed E-state index contributed by atoms with van der Waals surface area (Å²) >= 11 is 0. The Balaban J connectivity index is 1.65. The third-order valence-corrected chi connectivity index (χ3v) is 4.31. The number of fused-ring (bicyclic) bond motifs is 1. The third kappa shape index (κ3) is 3.51. The average Bonchev–Trinajstić information content (AvgIpc) is 2.50. The standard InChI is InChI=1S/C19H22FN/c1-14(13-15-9-11-17(20)12-10-15)21-19-8-4-6-16-5-2-3-7-18(16)19/h2-3,5,7,9-12,14,19,21H,4,6,8,13H2,1H3. The first-order valence-corrected chi connectivity index (χ1v) is 7.80. The van der Waals surface area contributed by atoms with Gasteiger partial charge >= 0.3 is 0 Å². The van der Waals surface area contributed by atoms with Gasteiger partial charge in [0.1, 0.15) is 5.82 Å². The van der Waals surface area contributed by atoms with Crippen LogP contribution >= 0.6 is 0 Å². The van der Waals surface area contributed by atoms with E-state index in [9.17, 15) is 4.39 Å². The molecule has 1 aliphatic carbocycles. The molecule has 0 bridgehead atoms. The van der Waals surface area contributed by atoms with Crippen molar-refractivity contribution in [2.45, 2.75) is 44.7 Å². The number of nitrogens with one attached hydrogen (secondary N) is 1. The lowest BCUT2D eigenvalue weighted by atomic mass is 9.87. The zero-order chi connectivity index (χ0) is 14.7. The van der Waals surface area contributed by atoms with Crippen LogP contribution in [0.1, 0.15) is 42.5 Å². The van der Waals surface area contributed by atoms with Crippen LogP contribution in [-0.4, -0.2) is 6.04 Å². The van der Waals surface area contributed by atoms with Crippen LogP contribution in [0, 0.1) is 5.82 Å². The molecule has 0 aliphatic heterocycles. The molecule has 21 heavy (non-hydrogen) atoms. The van der Waals surface area contributed by atoms with Gasteiger partial charge in [0.2, 0.25) is 0 Å². The highest BCUT2D eigenvalue weighted by Crippen LogP contribution is 2.29. The van der Waals surface area contributed by atoms with Crippen LogP contribution in [-0.2, 0) is 12.8 Å². The molecule has 1 N–H and O–H groups in total. The van der Waals surface area contributed by atoms with Crippen LogP contribution in [0.4, 0.5) is 4.39 Å². The molecule has 2 aromatic carbocycles. The van der Waals surface area contributed by atoms with Gasteiger partial charge in [-0.05, 0) is 61.4 Å². The predicted molar refractivity (Wildman–Crippen MR) is 84.8 cm³/mol. The minimum Gasteiger partial charge on any atom is -0.307 e. The minimum absolute atomic E-state index is 0.166. The van der Waals surface area contributed by atoms with Gasteiger partial charge in [0.15, 0.2) is 0 Å². The average molecular weight is 283 g/mol. The highest BCUT2D eigenvalue weighted by atomic mass is 19.1. The lowest BCUT2D eigenvalue weighted by molar-refractivity contribution is 0.407. The van der Waals surface area contributed by atoms with Crippen LogP contribution in [0.15, 0.2) is 48.5 Å². The van der Waals surface area contributed by atoms with Crippen LogP contribution < -0.4 is 5.32 Å². The summed E-state index contributed by atoms with van der Waals surface area (Å²) in [4.78, 5) is 0. The monoisotopic (exact) mass is 283 g/mol. The Morgan fingerprint density at radius 2 is 1.90 bits per heavy atom. The normalized spacial score (nSPS) is 19.0. The SMILES string of the molecule is CC(Cc1ccc(F)cc1)NC1CCCc2ccccc21. The number of benzene rings is 2. The molecule has 0 amide bonds. The summed E-state index contributed by atoms with van der Waals surface area (Å²) in [6.45, 7) is 2.21. The molecule has 1 aliphatic rings. The highest BCUT2D eigenvalue weighted by molar-refractivity contribution is 5.32. The van der Waals surface area contributed by atoms with E-state index in [0.29, 0.717) is 12.1 Å². The zero-order valence-electron chi connectivity index (χ0n) is 12.5. The van der Waals surface area contributed by atoms with E-state index in [1.807, 2.05) is 12.1 Å². The lowest BCUT2D eigenvalue weighted by Crippen LogP contribution is -2.34. The zero-order valence-corrected chi connectivity index (χ0v) is 12.5. The molecule has 0 aromatic heterocycles. The Morgan fingerprint density at radius 1 is 1.14 bits per heavy atom. The van der Waals surface area contributed by atoms with E-state index in [-0.39, 0.29) is 5.82 Å². The fourth-order valence-corrected chi connectivity index (χ4v) is 3.30. The first-order chi connectivity index (χ1) is 10.2. The summed E-state index contributed by atoms with van der Waals surface area (Å²) in [7, 11) is 0. The van der Waals surface area contributed by atoms with Crippen molar-refractivity contribution in [1.82, 2.24) is 5.32 Å². The predicted octanol–water partition coefficient (Wildman–Crippen LogP) is 4.42. The summed E-state index contributed by atoms with van der Waals surface area (Å²) in [5.74, 6) is -0.166. The third-order valence-electron chi connectivity index (χ3n) is 4.31. The van der Waals surface area contributed by atoms with Gasteiger partial charge in [-0.3, -0.25) is 0 Å². The fraction of sp³-hybridized carbons (Fsp3) is 0.368. The maximum Gasteiger partial charge on any atom is 0.123 e. The van der Waals surface area contributed by atoms with Gasteiger partial charge < -0.3 is 5.32 Å². The molecule has 1 nitrogen and oxygen atoms in total. The Bertz CT molecular complexity index is 591. The number of aryl methyl sites for hydroxylation is 1. The van der Waals surface area contributed by atoms with Crippen LogP contribution in [0.2, 0.25) is 0 Å². The summed E-state index contributed by atoms with van der Waals surface area (Å²) in [5.41, 5.74) is 4.12. The van der Waals surface area contributed by atoms with E-state index in [4.69, 9.17) is 0 Å². The van der Waals surface area contributed by atoms with Crippen molar-refractivity contribution in [3.05, 3.63) is 71.0 Å². The molecule has 0 saturated heterocycles. The summed E-state index contributed by atoms with van der Waals surface area (Å²) in [6, 6.07) is 16.4. The van der Waals surface area contributed by atoms with Crippen molar-refractivity contribution < 1.29 is 4.39 Å². The van der Waals surface area contributed by atoms with E-state index in [1.165, 1.54) is 48.1 Å². The van der Waals surface area contributed by atoms with E-state index >= 15 is 0 Å². The Kier molecular flexibility index (Phi) is 4.35. The quantitative estimate of drug-likeness (QED) is 0.875. The first-order valence-electron chi connectivity index (χ1n) is 7.80. The topological polar surface area (TPSA) is 12.0 Å². The van der Waals surface area contributed by atoms with Crippen molar-refractivity contribution >= 4 is 0 Å². The molecule has 2 aromatic rings. The fourth-order valence-electron chi connectivity index (χ4n) is 3.30. The minimum atomic E-state index is -0.166. The van der Waals surface area contributed by atoms with Gasteiger partial charge in [-0.1, -0.05) is 36.4 Å².